The molecule has 1 amide bonds. The summed E-state index contributed by atoms with van der Waals surface area (Å²) < 4.78 is 45.2. The molecule has 0 aromatic heterocycles. The second-order valence-corrected chi connectivity index (χ2v) is 11.9. The summed E-state index contributed by atoms with van der Waals surface area (Å²) >= 11 is 0. The van der Waals surface area contributed by atoms with Gasteiger partial charge in [-0.2, -0.15) is 0 Å². The highest BCUT2D eigenvalue weighted by Gasteiger charge is 2.54. The lowest BCUT2D eigenvalue weighted by molar-refractivity contribution is -0.144. The van der Waals surface area contributed by atoms with Gasteiger partial charge in [0.1, 0.15) is 18.6 Å². The Kier molecular flexibility index (Phi) is 9.76. The predicted octanol–water partition coefficient (Wildman–Crippen LogP) is 4.80. The van der Waals surface area contributed by atoms with Crippen molar-refractivity contribution in [3.8, 4) is 28.7 Å². The van der Waals surface area contributed by atoms with Crippen molar-refractivity contribution in [2.24, 2.45) is 11.8 Å². The van der Waals surface area contributed by atoms with Gasteiger partial charge in [-0.15, -0.1) is 0 Å². The van der Waals surface area contributed by atoms with E-state index in [4.69, 9.17) is 37.9 Å². The molecule has 3 aromatic carbocycles. The molecule has 0 unspecified atom stereocenters. The number of cyclic esters (lactones) is 1. The van der Waals surface area contributed by atoms with Gasteiger partial charge in [0.25, 0.3) is 0 Å². The van der Waals surface area contributed by atoms with Gasteiger partial charge in [-0.25, -0.2) is 9.59 Å². The number of carbonyl (C=O) groups excluding carboxylic acids is 3. The highest BCUT2D eigenvalue weighted by atomic mass is 16.7. The van der Waals surface area contributed by atoms with Crippen LogP contribution in [0.25, 0.3) is 0 Å². The number of rotatable bonds is 11. The van der Waals surface area contributed by atoms with E-state index in [1.54, 1.807) is 18.2 Å². The molecule has 13 heteroatoms. The maximum Gasteiger partial charge on any atom is 0.514 e. The summed E-state index contributed by atoms with van der Waals surface area (Å²) in [5.74, 6) is -0.730. The van der Waals surface area contributed by atoms with E-state index in [9.17, 15) is 14.4 Å². The van der Waals surface area contributed by atoms with Crippen LogP contribution in [-0.2, 0) is 25.6 Å². The molecule has 1 aliphatic carbocycles. The van der Waals surface area contributed by atoms with Crippen LogP contribution in [0.1, 0.15) is 40.7 Å². The Hall–Kier alpha value is -5.17. The number of esters is 1. The fourth-order valence-electron chi connectivity index (χ4n) is 6.43. The molecule has 254 valence electrons. The summed E-state index contributed by atoms with van der Waals surface area (Å²) in [7, 11) is 6.80. The Morgan fingerprint density at radius 1 is 0.938 bits per heavy atom. The first-order chi connectivity index (χ1) is 23.3. The molecule has 1 saturated heterocycles. The van der Waals surface area contributed by atoms with Crippen LogP contribution in [0.2, 0.25) is 0 Å². The minimum atomic E-state index is -0.939. The molecule has 13 nitrogen and oxygen atoms in total. The molecule has 3 aromatic rings. The summed E-state index contributed by atoms with van der Waals surface area (Å²) in [5.41, 5.74) is 2.83. The third-order valence-electron chi connectivity index (χ3n) is 8.64. The smallest absolute Gasteiger partial charge is 0.493 e. The molecule has 6 rings (SSSR count). The normalized spacial score (nSPS) is 20.3. The highest BCUT2D eigenvalue weighted by molar-refractivity contribution is 5.79. The summed E-state index contributed by atoms with van der Waals surface area (Å²) in [6.07, 6.45) is -1.78. The minimum Gasteiger partial charge on any atom is -0.493 e. The summed E-state index contributed by atoms with van der Waals surface area (Å²) in [6, 6.07) is 16.3. The molecule has 1 fully saturated rings. The molecule has 0 spiro atoms. The summed E-state index contributed by atoms with van der Waals surface area (Å²) in [5, 5.41) is 2.80. The van der Waals surface area contributed by atoms with Gasteiger partial charge in [-0.05, 0) is 68.0 Å². The second kappa shape index (κ2) is 14.3. The van der Waals surface area contributed by atoms with Crippen LogP contribution in [-0.4, -0.2) is 77.9 Å². The molecular formula is C35H38N2O11. The number of nitrogens with zero attached hydrogens (tertiary/aromatic N) is 1. The largest absolute Gasteiger partial charge is 0.514 e. The van der Waals surface area contributed by atoms with Crippen molar-refractivity contribution in [1.29, 1.82) is 0 Å². The second-order valence-electron chi connectivity index (χ2n) is 11.9. The number of carbonyl (C=O) groups is 3. The lowest BCUT2D eigenvalue weighted by atomic mass is 9.66. The van der Waals surface area contributed by atoms with E-state index in [0.29, 0.717) is 29.2 Å². The fraction of sp³-hybridized carbons (Fsp3) is 0.400. The average Bonchev–Trinajstić information content (AvgIpc) is 3.71. The van der Waals surface area contributed by atoms with Gasteiger partial charge < -0.3 is 48.1 Å². The molecule has 0 radical (unpaired) electrons. The van der Waals surface area contributed by atoms with E-state index < -0.39 is 42.1 Å². The van der Waals surface area contributed by atoms with Crippen LogP contribution in [0.15, 0.2) is 54.6 Å². The Morgan fingerprint density at radius 2 is 1.62 bits per heavy atom. The Morgan fingerprint density at radius 3 is 2.29 bits per heavy atom. The number of hydrogen-bond acceptors (Lipinski definition) is 12. The lowest BCUT2D eigenvalue weighted by Gasteiger charge is -2.38. The van der Waals surface area contributed by atoms with Gasteiger partial charge >= 0.3 is 18.2 Å². The Balaban J connectivity index is 1.33. The first-order valence-electron chi connectivity index (χ1n) is 15.6. The number of alkyl carbamates (subject to hydrolysis) is 1. The van der Waals surface area contributed by atoms with E-state index in [-0.39, 0.29) is 37.3 Å². The zero-order valence-corrected chi connectivity index (χ0v) is 27.2. The van der Waals surface area contributed by atoms with Gasteiger partial charge in [0.15, 0.2) is 23.0 Å². The molecule has 2 aliphatic heterocycles. The van der Waals surface area contributed by atoms with Crippen LogP contribution in [0.3, 0.4) is 0 Å². The minimum absolute atomic E-state index is 0.0196. The molecule has 0 saturated carbocycles. The monoisotopic (exact) mass is 662 g/mol. The third kappa shape index (κ3) is 6.77. The molecule has 4 atom stereocenters. The Labute approximate surface area is 277 Å². The molecule has 1 N–H and O–H groups in total. The number of amides is 1. The van der Waals surface area contributed by atoms with E-state index in [1.165, 1.54) is 14.2 Å². The van der Waals surface area contributed by atoms with E-state index in [0.717, 1.165) is 24.1 Å². The number of fused-ring (bicyclic) bond motifs is 3. The van der Waals surface area contributed by atoms with Crippen LogP contribution in [0.4, 0.5) is 9.59 Å². The van der Waals surface area contributed by atoms with Crippen LogP contribution in [0.5, 0.6) is 28.7 Å². The maximum atomic E-state index is 13.3. The molecule has 3 aliphatic rings. The van der Waals surface area contributed by atoms with Crippen molar-refractivity contribution in [3.05, 3.63) is 76.9 Å². The van der Waals surface area contributed by atoms with Crippen LogP contribution in [0, 0.1) is 11.8 Å². The number of methoxy groups -OCH3 is 2. The van der Waals surface area contributed by atoms with Gasteiger partial charge in [0.2, 0.25) is 12.5 Å². The van der Waals surface area contributed by atoms with Gasteiger partial charge in [-0.1, -0.05) is 30.3 Å². The molecule has 48 heavy (non-hydrogen) atoms. The van der Waals surface area contributed by atoms with Gasteiger partial charge in [-0.3, -0.25) is 4.79 Å². The number of hydrogen-bond donors (Lipinski definition) is 1. The van der Waals surface area contributed by atoms with Crippen LogP contribution >= 0.6 is 0 Å². The van der Waals surface area contributed by atoms with Crippen molar-refractivity contribution < 1.29 is 52.3 Å². The topological polar surface area (TPSA) is 140 Å². The van der Waals surface area contributed by atoms with Crippen molar-refractivity contribution in [3.63, 3.8) is 0 Å². The zero-order chi connectivity index (χ0) is 33.8. The summed E-state index contributed by atoms with van der Waals surface area (Å²) in [6.45, 7) is 1.34. The highest BCUT2D eigenvalue weighted by Crippen LogP contribution is 2.56. The lowest BCUT2D eigenvalue weighted by Crippen LogP contribution is -2.39. The predicted molar refractivity (Wildman–Crippen MR) is 170 cm³/mol. The number of nitrogens with one attached hydrogen (secondary N) is 1. The van der Waals surface area contributed by atoms with Crippen molar-refractivity contribution in [2.45, 2.75) is 25.0 Å². The van der Waals surface area contributed by atoms with Crippen LogP contribution < -0.4 is 29.0 Å². The number of ether oxygens (including phenoxy) is 8. The standard InChI is InChI=1S/C35H38N2O11/c1-37(2)12-8-11-36-34(39)47-31-23-16-26-25(45-19-46-26)15-22(23)29(24-18-43-33(38)30(24)31)21-13-27(41-3)32(28(14-21)42-4)48-35(40)44-17-20-9-6-5-7-10-20/h5-7,9-10,13-16,24,29-31H,8,11-12,17-19H2,1-4H3,(H,36,39)/t24-,29-,30+,31-/m1/s1. The SMILES string of the molecule is COc1cc([C@@H]2c3cc4c(cc3[C@@H](OC(=O)NCCCN(C)C)[C@H]3C(=O)OC[C@H]23)OCO4)cc(OC)c1OC(=O)OCc1ccccc1. The summed E-state index contributed by atoms with van der Waals surface area (Å²) in [4.78, 5) is 41.1. The molecule has 2 heterocycles. The van der Waals surface area contributed by atoms with E-state index >= 15 is 0 Å². The average molecular weight is 663 g/mol. The Bertz CT molecular complexity index is 1640. The first-order valence-corrected chi connectivity index (χ1v) is 15.6. The van der Waals surface area contributed by atoms with Gasteiger partial charge in [0.05, 0.1) is 20.8 Å². The van der Waals surface area contributed by atoms with Crippen molar-refractivity contribution in [2.75, 3.05) is 54.8 Å². The zero-order valence-electron chi connectivity index (χ0n) is 27.2. The first kappa shape index (κ1) is 32.8. The van der Waals surface area contributed by atoms with Crippen molar-refractivity contribution in [1.82, 2.24) is 10.2 Å². The maximum absolute atomic E-state index is 13.3. The third-order valence-corrected chi connectivity index (χ3v) is 8.64. The van der Waals surface area contributed by atoms with E-state index in [2.05, 4.69) is 5.32 Å². The van der Waals surface area contributed by atoms with Gasteiger partial charge in [0, 0.05) is 23.9 Å². The molecule has 0 bridgehead atoms. The number of benzene rings is 3. The molecular weight excluding hydrogens is 624 g/mol. The van der Waals surface area contributed by atoms with E-state index in [1.807, 2.05) is 55.4 Å². The van der Waals surface area contributed by atoms with Crippen molar-refractivity contribution >= 4 is 18.2 Å². The fourth-order valence-corrected chi connectivity index (χ4v) is 6.43. The quantitative estimate of drug-likeness (QED) is 0.131.